The first-order valence-corrected chi connectivity index (χ1v) is 8.78. The van der Waals surface area contributed by atoms with Gasteiger partial charge < -0.3 is 20.7 Å². The fourth-order valence-electron chi connectivity index (χ4n) is 2.41. The van der Waals surface area contributed by atoms with Crippen LogP contribution in [0.3, 0.4) is 0 Å². The lowest BCUT2D eigenvalue weighted by Crippen LogP contribution is -2.29. The van der Waals surface area contributed by atoms with Crippen LogP contribution in [0.2, 0.25) is 0 Å². The van der Waals surface area contributed by atoms with Gasteiger partial charge in [-0.1, -0.05) is 6.07 Å². The summed E-state index contributed by atoms with van der Waals surface area (Å²) in [6, 6.07) is 14.5. The topological polar surface area (TPSA) is 109 Å². The van der Waals surface area contributed by atoms with Crippen molar-refractivity contribution in [1.29, 1.82) is 0 Å². The van der Waals surface area contributed by atoms with E-state index in [0.29, 0.717) is 22.9 Å². The SMILES string of the molecule is CNC(=O)c1cc(Oc2cccc(NC(=O)C(=O)Nc3ccc(F)cc3)c2)ccn1. The molecule has 2 aromatic carbocycles. The number of carbonyl (C=O) groups is 3. The van der Waals surface area contributed by atoms with Crippen molar-refractivity contribution in [3.05, 3.63) is 78.4 Å². The van der Waals surface area contributed by atoms with Gasteiger partial charge in [-0.15, -0.1) is 0 Å². The Morgan fingerprint density at radius 2 is 1.53 bits per heavy atom. The summed E-state index contributed by atoms with van der Waals surface area (Å²) in [6.07, 6.45) is 1.44. The van der Waals surface area contributed by atoms with E-state index in [4.69, 9.17) is 4.74 Å². The van der Waals surface area contributed by atoms with E-state index in [-0.39, 0.29) is 11.6 Å². The van der Waals surface area contributed by atoms with Crippen molar-refractivity contribution in [2.75, 3.05) is 17.7 Å². The van der Waals surface area contributed by atoms with Crippen molar-refractivity contribution in [3.63, 3.8) is 0 Å². The molecule has 0 saturated carbocycles. The Bertz CT molecular complexity index is 1090. The third-order valence-electron chi connectivity index (χ3n) is 3.83. The van der Waals surface area contributed by atoms with Crippen molar-refractivity contribution in [3.8, 4) is 11.5 Å². The molecule has 1 heterocycles. The number of hydrogen-bond acceptors (Lipinski definition) is 5. The van der Waals surface area contributed by atoms with Gasteiger partial charge in [0, 0.05) is 36.8 Å². The lowest BCUT2D eigenvalue weighted by atomic mass is 10.2. The first kappa shape index (κ1) is 20.5. The average Bonchev–Trinajstić information content (AvgIpc) is 2.75. The van der Waals surface area contributed by atoms with Gasteiger partial charge in [-0.2, -0.15) is 0 Å². The van der Waals surface area contributed by atoms with Gasteiger partial charge in [0.05, 0.1) is 0 Å². The molecule has 0 saturated heterocycles. The van der Waals surface area contributed by atoms with Crippen LogP contribution in [0, 0.1) is 5.82 Å². The zero-order chi connectivity index (χ0) is 21.5. The predicted octanol–water partition coefficient (Wildman–Crippen LogP) is 2.95. The molecular formula is C21H17FN4O4. The lowest BCUT2D eigenvalue weighted by molar-refractivity contribution is -0.132. The second kappa shape index (κ2) is 9.28. The molecule has 0 atom stereocenters. The number of ether oxygens (including phenoxy) is 1. The minimum absolute atomic E-state index is 0.192. The first-order chi connectivity index (χ1) is 14.4. The highest BCUT2D eigenvalue weighted by Crippen LogP contribution is 2.24. The maximum atomic E-state index is 12.9. The molecule has 0 unspecified atom stereocenters. The van der Waals surface area contributed by atoms with Gasteiger partial charge >= 0.3 is 11.8 Å². The molecule has 3 rings (SSSR count). The first-order valence-electron chi connectivity index (χ1n) is 8.78. The number of aromatic nitrogens is 1. The van der Waals surface area contributed by atoms with Crippen LogP contribution in [0.15, 0.2) is 66.9 Å². The number of pyridine rings is 1. The third-order valence-corrected chi connectivity index (χ3v) is 3.83. The summed E-state index contributed by atoms with van der Waals surface area (Å²) in [4.78, 5) is 39.8. The van der Waals surface area contributed by atoms with E-state index in [1.807, 2.05) is 0 Å². The van der Waals surface area contributed by atoms with E-state index in [2.05, 4.69) is 20.9 Å². The molecule has 0 aliphatic rings. The fourth-order valence-corrected chi connectivity index (χ4v) is 2.41. The molecular weight excluding hydrogens is 391 g/mol. The molecule has 0 aliphatic heterocycles. The minimum atomic E-state index is -0.905. The molecule has 8 nitrogen and oxygen atoms in total. The highest BCUT2D eigenvalue weighted by molar-refractivity contribution is 6.43. The standard InChI is InChI=1S/C21H17FN4O4/c1-23-19(27)18-12-17(9-10-24-18)30-16-4-2-3-15(11-16)26-21(29)20(28)25-14-7-5-13(22)6-8-14/h2-12H,1H3,(H,23,27)(H,25,28)(H,26,29). The molecule has 3 N–H and O–H groups in total. The molecule has 3 aromatic rings. The maximum Gasteiger partial charge on any atom is 0.314 e. The second-order valence-electron chi connectivity index (χ2n) is 6.00. The van der Waals surface area contributed by atoms with E-state index in [1.54, 1.807) is 24.3 Å². The van der Waals surface area contributed by atoms with Gasteiger partial charge in [0.1, 0.15) is 23.0 Å². The van der Waals surface area contributed by atoms with Gasteiger partial charge in [-0.05, 0) is 42.5 Å². The number of nitrogens with one attached hydrogen (secondary N) is 3. The summed E-state index contributed by atoms with van der Waals surface area (Å²) in [5.41, 5.74) is 0.808. The van der Waals surface area contributed by atoms with Crippen LogP contribution in [0.4, 0.5) is 15.8 Å². The molecule has 152 valence electrons. The zero-order valence-electron chi connectivity index (χ0n) is 15.8. The van der Waals surface area contributed by atoms with Crippen molar-refractivity contribution in [1.82, 2.24) is 10.3 Å². The second-order valence-corrected chi connectivity index (χ2v) is 6.00. The fraction of sp³-hybridized carbons (Fsp3) is 0.0476. The number of anilines is 2. The summed E-state index contributed by atoms with van der Waals surface area (Å²) in [5, 5.41) is 7.30. The molecule has 0 radical (unpaired) electrons. The van der Waals surface area contributed by atoms with Crippen molar-refractivity contribution >= 4 is 29.1 Å². The van der Waals surface area contributed by atoms with Crippen LogP contribution in [-0.2, 0) is 9.59 Å². The Kier molecular flexibility index (Phi) is 6.33. The molecule has 0 aliphatic carbocycles. The quantitative estimate of drug-likeness (QED) is 0.563. The van der Waals surface area contributed by atoms with Crippen LogP contribution in [0.25, 0.3) is 0 Å². The summed E-state index contributed by atoms with van der Waals surface area (Å²) in [7, 11) is 1.50. The van der Waals surface area contributed by atoms with Crippen LogP contribution < -0.4 is 20.7 Å². The number of carbonyl (C=O) groups excluding carboxylic acids is 3. The van der Waals surface area contributed by atoms with E-state index in [9.17, 15) is 18.8 Å². The van der Waals surface area contributed by atoms with Crippen LogP contribution in [0.1, 0.15) is 10.5 Å². The van der Waals surface area contributed by atoms with Gasteiger partial charge in [0.25, 0.3) is 5.91 Å². The Balaban J connectivity index is 1.65. The van der Waals surface area contributed by atoms with Crippen molar-refractivity contribution in [2.24, 2.45) is 0 Å². The lowest BCUT2D eigenvalue weighted by Gasteiger charge is -2.10. The molecule has 3 amide bonds. The van der Waals surface area contributed by atoms with Gasteiger partial charge in [0.15, 0.2) is 0 Å². The molecule has 1 aromatic heterocycles. The van der Waals surface area contributed by atoms with E-state index < -0.39 is 17.6 Å². The predicted molar refractivity (Wildman–Crippen MR) is 108 cm³/mol. The van der Waals surface area contributed by atoms with Crippen LogP contribution >= 0.6 is 0 Å². The Labute approximate surface area is 171 Å². The highest BCUT2D eigenvalue weighted by Gasteiger charge is 2.14. The van der Waals surface area contributed by atoms with Gasteiger partial charge in [0.2, 0.25) is 0 Å². The molecule has 9 heteroatoms. The number of nitrogens with zero attached hydrogens (tertiary/aromatic N) is 1. The third kappa shape index (κ3) is 5.38. The average molecular weight is 408 g/mol. The highest BCUT2D eigenvalue weighted by atomic mass is 19.1. The number of hydrogen-bond donors (Lipinski definition) is 3. The van der Waals surface area contributed by atoms with Crippen molar-refractivity contribution in [2.45, 2.75) is 0 Å². The molecule has 0 spiro atoms. The van der Waals surface area contributed by atoms with Crippen molar-refractivity contribution < 1.29 is 23.5 Å². The monoisotopic (exact) mass is 408 g/mol. The largest absolute Gasteiger partial charge is 0.457 e. The van der Waals surface area contributed by atoms with Crippen LogP contribution in [0.5, 0.6) is 11.5 Å². The summed E-state index contributed by atoms with van der Waals surface area (Å²) >= 11 is 0. The van der Waals surface area contributed by atoms with Gasteiger partial charge in [-0.3, -0.25) is 19.4 Å². The minimum Gasteiger partial charge on any atom is -0.457 e. The smallest absolute Gasteiger partial charge is 0.314 e. The molecule has 30 heavy (non-hydrogen) atoms. The van der Waals surface area contributed by atoms with Crippen LogP contribution in [-0.4, -0.2) is 29.8 Å². The summed E-state index contributed by atoms with van der Waals surface area (Å²) in [5.74, 6) is -1.86. The Morgan fingerprint density at radius 3 is 2.23 bits per heavy atom. The number of rotatable bonds is 5. The van der Waals surface area contributed by atoms with Gasteiger partial charge in [-0.25, -0.2) is 4.39 Å². The van der Waals surface area contributed by atoms with E-state index in [0.717, 1.165) is 0 Å². The normalized spacial score (nSPS) is 10.1. The summed E-state index contributed by atoms with van der Waals surface area (Å²) in [6.45, 7) is 0. The maximum absolute atomic E-state index is 12.9. The number of benzene rings is 2. The summed E-state index contributed by atoms with van der Waals surface area (Å²) < 4.78 is 18.6. The zero-order valence-corrected chi connectivity index (χ0v) is 15.8. The molecule has 0 bridgehead atoms. The molecule has 0 fully saturated rings. The Hall–Kier alpha value is -4.27. The Morgan fingerprint density at radius 1 is 0.867 bits per heavy atom. The number of amides is 3. The van der Waals surface area contributed by atoms with E-state index >= 15 is 0 Å². The number of halogens is 1. The van der Waals surface area contributed by atoms with E-state index in [1.165, 1.54) is 49.6 Å².